The number of amides is 1. The fourth-order valence-corrected chi connectivity index (χ4v) is 2.48. The number of piperazine rings is 1. The van der Waals surface area contributed by atoms with E-state index in [4.69, 9.17) is 16.3 Å². The second-order valence-corrected chi connectivity index (χ2v) is 5.58. The van der Waals surface area contributed by atoms with E-state index in [0.717, 1.165) is 38.3 Å². The summed E-state index contributed by atoms with van der Waals surface area (Å²) in [7, 11) is 0. The molecule has 1 aromatic rings. The maximum atomic E-state index is 11.7. The van der Waals surface area contributed by atoms with E-state index in [0.29, 0.717) is 17.3 Å². The van der Waals surface area contributed by atoms with Crippen LogP contribution in [-0.4, -0.2) is 56.7 Å². The van der Waals surface area contributed by atoms with Crippen LogP contribution in [0, 0.1) is 6.92 Å². The molecule has 0 aliphatic carbocycles. The number of rotatable bonds is 6. The van der Waals surface area contributed by atoms with Crippen LogP contribution >= 0.6 is 11.6 Å². The summed E-state index contributed by atoms with van der Waals surface area (Å²) in [5.74, 6) is 0.594. The summed E-state index contributed by atoms with van der Waals surface area (Å²) in [5.41, 5.74) is 0.927. The quantitative estimate of drug-likeness (QED) is 0.824. The van der Waals surface area contributed by atoms with Crippen LogP contribution in [0.15, 0.2) is 18.2 Å². The molecule has 0 aromatic heterocycles. The number of benzene rings is 1. The Balaban J connectivity index is 1.65. The first-order valence-corrected chi connectivity index (χ1v) is 7.61. The van der Waals surface area contributed by atoms with E-state index in [2.05, 4.69) is 15.5 Å². The third-order valence-electron chi connectivity index (χ3n) is 3.46. The Morgan fingerprint density at radius 2 is 2.19 bits per heavy atom. The van der Waals surface area contributed by atoms with Crippen LogP contribution in [0.1, 0.15) is 5.56 Å². The number of hydrogen-bond acceptors (Lipinski definition) is 4. The van der Waals surface area contributed by atoms with Gasteiger partial charge in [-0.15, -0.1) is 0 Å². The van der Waals surface area contributed by atoms with E-state index in [1.165, 1.54) is 0 Å². The molecule has 1 aliphatic heterocycles. The van der Waals surface area contributed by atoms with Gasteiger partial charge in [0.1, 0.15) is 5.75 Å². The van der Waals surface area contributed by atoms with E-state index in [9.17, 15) is 4.79 Å². The summed E-state index contributed by atoms with van der Waals surface area (Å²) >= 11 is 5.88. The standard InChI is InChI=1S/C15H22ClN3O2/c1-12-10-13(16)2-3-14(12)21-11-15(20)18-6-9-19-7-4-17-5-8-19/h2-3,10,17H,4-9,11H2,1H3,(H,18,20). The average molecular weight is 312 g/mol. The number of carbonyl (C=O) groups is 1. The molecule has 1 saturated heterocycles. The summed E-state index contributed by atoms with van der Waals surface area (Å²) in [5, 5.41) is 6.85. The zero-order valence-corrected chi connectivity index (χ0v) is 13.1. The fourth-order valence-electron chi connectivity index (χ4n) is 2.26. The number of aryl methyl sites for hydroxylation is 1. The summed E-state index contributed by atoms with van der Waals surface area (Å²) < 4.78 is 5.50. The van der Waals surface area contributed by atoms with Gasteiger partial charge < -0.3 is 15.4 Å². The monoisotopic (exact) mass is 311 g/mol. The molecule has 2 N–H and O–H groups in total. The minimum Gasteiger partial charge on any atom is -0.484 e. The molecule has 2 rings (SSSR count). The molecule has 1 aromatic carbocycles. The number of halogens is 1. The van der Waals surface area contributed by atoms with Gasteiger partial charge in [-0.05, 0) is 30.7 Å². The van der Waals surface area contributed by atoms with Crippen LogP contribution in [0.5, 0.6) is 5.75 Å². The minimum absolute atomic E-state index is 0.0318. The van der Waals surface area contributed by atoms with Gasteiger partial charge in [0.05, 0.1) is 0 Å². The van der Waals surface area contributed by atoms with Gasteiger partial charge in [0.25, 0.3) is 5.91 Å². The molecular weight excluding hydrogens is 290 g/mol. The number of hydrogen-bond donors (Lipinski definition) is 2. The summed E-state index contributed by atoms with van der Waals surface area (Å²) in [6.45, 7) is 7.59. The first kappa shape index (κ1) is 16.1. The van der Waals surface area contributed by atoms with Gasteiger partial charge in [-0.3, -0.25) is 9.69 Å². The van der Waals surface area contributed by atoms with Crippen molar-refractivity contribution >= 4 is 17.5 Å². The Hall–Kier alpha value is -1.30. The topological polar surface area (TPSA) is 53.6 Å². The predicted molar refractivity (Wildman–Crippen MR) is 84.0 cm³/mol. The molecule has 5 nitrogen and oxygen atoms in total. The highest BCUT2D eigenvalue weighted by Gasteiger charge is 2.10. The molecule has 0 saturated carbocycles. The van der Waals surface area contributed by atoms with E-state index < -0.39 is 0 Å². The molecule has 1 heterocycles. The van der Waals surface area contributed by atoms with Crippen LogP contribution in [0.3, 0.4) is 0 Å². The van der Waals surface area contributed by atoms with Crippen LogP contribution in [-0.2, 0) is 4.79 Å². The van der Waals surface area contributed by atoms with Crippen molar-refractivity contribution in [3.63, 3.8) is 0 Å². The summed E-state index contributed by atoms with van der Waals surface area (Å²) in [6.07, 6.45) is 0. The van der Waals surface area contributed by atoms with Gasteiger partial charge in [0.15, 0.2) is 6.61 Å². The van der Waals surface area contributed by atoms with Gasteiger partial charge in [-0.1, -0.05) is 11.6 Å². The number of nitrogens with zero attached hydrogens (tertiary/aromatic N) is 1. The van der Waals surface area contributed by atoms with Crippen molar-refractivity contribution in [1.82, 2.24) is 15.5 Å². The molecule has 0 bridgehead atoms. The van der Waals surface area contributed by atoms with Gasteiger partial charge in [-0.2, -0.15) is 0 Å². The van der Waals surface area contributed by atoms with Crippen LogP contribution in [0.4, 0.5) is 0 Å². The SMILES string of the molecule is Cc1cc(Cl)ccc1OCC(=O)NCCN1CCNCC1. The number of ether oxygens (including phenoxy) is 1. The fraction of sp³-hybridized carbons (Fsp3) is 0.533. The highest BCUT2D eigenvalue weighted by atomic mass is 35.5. The summed E-state index contributed by atoms with van der Waals surface area (Å²) in [6, 6.07) is 5.36. The Bertz CT molecular complexity index is 476. The van der Waals surface area contributed by atoms with Crippen molar-refractivity contribution in [2.24, 2.45) is 0 Å². The van der Waals surface area contributed by atoms with E-state index >= 15 is 0 Å². The minimum atomic E-state index is -0.0977. The zero-order valence-electron chi connectivity index (χ0n) is 12.3. The van der Waals surface area contributed by atoms with Crippen molar-refractivity contribution in [2.45, 2.75) is 6.92 Å². The molecule has 0 atom stereocenters. The maximum absolute atomic E-state index is 11.7. The van der Waals surface area contributed by atoms with E-state index in [1.807, 2.05) is 13.0 Å². The smallest absolute Gasteiger partial charge is 0.257 e. The molecule has 0 spiro atoms. The molecular formula is C15H22ClN3O2. The van der Waals surface area contributed by atoms with Crippen LogP contribution in [0.2, 0.25) is 5.02 Å². The summed E-state index contributed by atoms with van der Waals surface area (Å²) in [4.78, 5) is 14.1. The molecule has 0 radical (unpaired) electrons. The average Bonchev–Trinajstić information content (AvgIpc) is 2.47. The second-order valence-electron chi connectivity index (χ2n) is 5.14. The first-order valence-electron chi connectivity index (χ1n) is 7.24. The van der Waals surface area contributed by atoms with Gasteiger partial charge >= 0.3 is 0 Å². The predicted octanol–water partition coefficient (Wildman–Crippen LogP) is 1.05. The highest BCUT2D eigenvalue weighted by Crippen LogP contribution is 2.21. The third-order valence-corrected chi connectivity index (χ3v) is 3.69. The molecule has 1 amide bonds. The molecule has 1 aliphatic rings. The Labute approximate surface area is 130 Å². The van der Waals surface area contributed by atoms with Crippen molar-refractivity contribution < 1.29 is 9.53 Å². The lowest BCUT2D eigenvalue weighted by atomic mass is 10.2. The lowest BCUT2D eigenvalue weighted by Gasteiger charge is -2.27. The third kappa shape index (κ3) is 5.53. The second kappa shape index (κ2) is 8.22. The van der Waals surface area contributed by atoms with E-state index in [1.54, 1.807) is 12.1 Å². The van der Waals surface area contributed by atoms with Crippen molar-refractivity contribution in [2.75, 3.05) is 45.9 Å². The molecule has 1 fully saturated rings. The normalized spacial score (nSPS) is 15.7. The Morgan fingerprint density at radius 3 is 2.90 bits per heavy atom. The van der Waals surface area contributed by atoms with Gasteiger partial charge in [0, 0.05) is 44.3 Å². The first-order chi connectivity index (χ1) is 10.1. The van der Waals surface area contributed by atoms with Gasteiger partial charge in [0.2, 0.25) is 0 Å². The van der Waals surface area contributed by atoms with E-state index in [-0.39, 0.29) is 12.5 Å². The Kier molecular flexibility index (Phi) is 6.29. The highest BCUT2D eigenvalue weighted by molar-refractivity contribution is 6.30. The number of carbonyl (C=O) groups excluding carboxylic acids is 1. The lowest BCUT2D eigenvalue weighted by molar-refractivity contribution is -0.123. The lowest BCUT2D eigenvalue weighted by Crippen LogP contribution is -2.46. The molecule has 6 heteroatoms. The van der Waals surface area contributed by atoms with Crippen molar-refractivity contribution in [1.29, 1.82) is 0 Å². The molecule has 21 heavy (non-hydrogen) atoms. The van der Waals surface area contributed by atoms with Crippen molar-refractivity contribution in [3.8, 4) is 5.75 Å². The molecule has 0 unspecified atom stereocenters. The maximum Gasteiger partial charge on any atom is 0.257 e. The largest absolute Gasteiger partial charge is 0.484 e. The van der Waals surface area contributed by atoms with Crippen LogP contribution in [0.25, 0.3) is 0 Å². The van der Waals surface area contributed by atoms with Crippen LogP contribution < -0.4 is 15.4 Å². The zero-order chi connectivity index (χ0) is 15.1. The molecule has 116 valence electrons. The van der Waals surface area contributed by atoms with Crippen molar-refractivity contribution in [3.05, 3.63) is 28.8 Å². The number of nitrogens with one attached hydrogen (secondary N) is 2. The Morgan fingerprint density at radius 1 is 1.43 bits per heavy atom. The van der Waals surface area contributed by atoms with Gasteiger partial charge in [-0.25, -0.2) is 0 Å².